The minimum absolute atomic E-state index is 0.112. The summed E-state index contributed by atoms with van der Waals surface area (Å²) in [4.78, 5) is 26.8. The van der Waals surface area contributed by atoms with Crippen LogP contribution in [0.25, 0.3) is 0 Å². The van der Waals surface area contributed by atoms with Gasteiger partial charge in [-0.1, -0.05) is 29.8 Å². The van der Waals surface area contributed by atoms with E-state index in [9.17, 15) is 14.7 Å². The summed E-state index contributed by atoms with van der Waals surface area (Å²) in [5, 5.41) is 13.1. The Morgan fingerprint density at radius 2 is 2.04 bits per heavy atom. The minimum Gasteiger partial charge on any atom is -0.459 e. The summed E-state index contributed by atoms with van der Waals surface area (Å²) in [6.07, 6.45) is 3.03. The Morgan fingerprint density at radius 3 is 2.73 bits per heavy atom. The molecule has 1 fully saturated rings. The molecule has 2 amide bonds. The topological polar surface area (TPSA) is 82.8 Å². The lowest BCUT2D eigenvalue weighted by atomic mass is 10.0. The smallest absolute Gasteiger partial charge is 0.290 e. The van der Waals surface area contributed by atoms with E-state index >= 15 is 0 Å². The quantitative estimate of drug-likeness (QED) is 0.862. The first kappa shape index (κ1) is 18.2. The number of carbonyl (C=O) groups excluding carboxylic acids is 2. The number of furan rings is 1. The monoisotopic (exact) mass is 356 g/mol. The molecule has 6 heteroatoms. The van der Waals surface area contributed by atoms with Crippen LogP contribution in [0.2, 0.25) is 0 Å². The number of carbonyl (C=O) groups is 2. The number of amides is 2. The lowest BCUT2D eigenvalue weighted by Gasteiger charge is -2.34. The van der Waals surface area contributed by atoms with Gasteiger partial charge in [0.05, 0.1) is 12.4 Å². The fraction of sp³-hybridized carbons (Fsp3) is 0.400. The highest BCUT2D eigenvalue weighted by Gasteiger charge is 2.33. The van der Waals surface area contributed by atoms with Crippen molar-refractivity contribution in [2.45, 2.75) is 38.3 Å². The zero-order chi connectivity index (χ0) is 18.5. The number of hydrogen-bond donors (Lipinski definition) is 2. The van der Waals surface area contributed by atoms with Crippen molar-refractivity contribution in [3.8, 4) is 0 Å². The van der Waals surface area contributed by atoms with Crippen LogP contribution in [0, 0.1) is 6.92 Å². The molecule has 2 atom stereocenters. The van der Waals surface area contributed by atoms with Crippen LogP contribution in [-0.4, -0.2) is 41.0 Å². The number of piperidine rings is 1. The van der Waals surface area contributed by atoms with E-state index in [2.05, 4.69) is 5.32 Å². The molecule has 1 saturated heterocycles. The molecular formula is C20H24N2O4. The molecule has 1 aliphatic rings. The van der Waals surface area contributed by atoms with Crippen molar-refractivity contribution in [3.05, 3.63) is 59.5 Å². The second-order valence-corrected chi connectivity index (χ2v) is 6.66. The van der Waals surface area contributed by atoms with E-state index < -0.39 is 12.1 Å². The third kappa shape index (κ3) is 4.14. The molecule has 1 aromatic heterocycles. The zero-order valence-electron chi connectivity index (χ0n) is 14.9. The number of aliphatic hydroxyl groups is 1. The van der Waals surface area contributed by atoms with Crippen molar-refractivity contribution in [1.82, 2.24) is 10.2 Å². The number of likely N-dealkylation sites (tertiary alicyclic amines) is 1. The van der Waals surface area contributed by atoms with Crippen molar-refractivity contribution < 1.29 is 19.1 Å². The molecule has 0 spiro atoms. The Morgan fingerprint density at radius 1 is 1.27 bits per heavy atom. The van der Waals surface area contributed by atoms with E-state index in [-0.39, 0.29) is 24.1 Å². The molecule has 0 bridgehead atoms. The van der Waals surface area contributed by atoms with Gasteiger partial charge in [-0.2, -0.15) is 0 Å². The first-order chi connectivity index (χ1) is 12.6. The van der Waals surface area contributed by atoms with Crippen LogP contribution in [-0.2, 0) is 4.79 Å². The second-order valence-electron chi connectivity index (χ2n) is 6.66. The average Bonchev–Trinajstić information content (AvgIpc) is 3.20. The van der Waals surface area contributed by atoms with Gasteiger partial charge < -0.3 is 19.7 Å². The molecule has 1 aliphatic heterocycles. The maximum atomic E-state index is 12.6. The Labute approximate surface area is 152 Å². The first-order valence-corrected chi connectivity index (χ1v) is 8.93. The predicted octanol–water partition coefficient (Wildman–Crippen LogP) is 2.43. The van der Waals surface area contributed by atoms with Crippen LogP contribution in [0.4, 0.5) is 0 Å². The molecule has 2 unspecified atom stereocenters. The molecule has 3 rings (SSSR count). The third-order valence-electron chi connectivity index (χ3n) is 4.73. The highest BCUT2D eigenvalue weighted by Crippen LogP contribution is 2.21. The molecule has 0 aliphatic carbocycles. The van der Waals surface area contributed by atoms with Crippen LogP contribution < -0.4 is 5.32 Å². The maximum Gasteiger partial charge on any atom is 0.290 e. The van der Waals surface area contributed by atoms with Gasteiger partial charge in [-0.25, -0.2) is 0 Å². The Balaban J connectivity index is 1.61. The molecule has 0 radical (unpaired) electrons. The van der Waals surface area contributed by atoms with Gasteiger partial charge in [-0.3, -0.25) is 9.59 Å². The highest BCUT2D eigenvalue weighted by molar-refractivity contribution is 5.95. The van der Waals surface area contributed by atoms with Gasteiger partial charge in [-0.05, 0) is 43.9 Å². The number of aliphatic hydroxyl groups excluding tert-OH is 1. The van der Waals surface area contributed by atoms with Gasteiger partial charge in [-0.15, -0.1) is 0 Å². The Hall–Kier alpha value is -2.60. The number of nitrogens with one attached hydrogen (secondary N) is 1. The Kier molecular flexibility index (Phi) is 5.73. The average molecular weight is 356 g/mol. The molecule has 6 nitrogen and oxygen atoms in total. The van der Waals surface area contributed by atoms with Gasteiger partial charge in [0.25, 0.3) is 5.91 Å². The fourth-order valence-electron chi connectivity index (χ4n) is 3.21. The number of aryl methyl sites for hydroxylation is 1. The maximum absolute atomic E-state index is 12.6. The van der Waals surface area contributed by atoms with Crippen LogP contribution in [0.3, 0.4) is 0 Å². The van der Waals surface area contributed by atoms with Gasteiger partial charge in [0, 0.05) is 13.1 Å². The summed E-state index contributed by atoms with van der Waals surface area (Å²) >= 11 is 0. The summed E-state index contributed by atoms with van der Waals surface area (Å²) < 4.78 is 5.18. The summed E-state index contributed by atoms with van der Waals surface area (Å²) in [5.41, 5.74) is 1.86. The van der Waals surface area contributed by atoms with E-state index in [0.29, 0.717) is 13.0 Å². The van der Waals surface area contributed by atoms with E-state index in [1.165, 1.54) is 6.26 Å². The van der Waals surface area contributed by atoms with Gasteiger partial charge in [0.15, 0.2) is 5.76 Å². The van der Waals surface area contributed by atoms with Gasteiger partial charge >= 0.3 is 0 Å². The molecule has 2 heterocycles. The first-order valence-electron chi connectivity index (χ1n) is 8.93. The summed E-state index contributed by atoms with van der Waals surface area (Å²) in [7, 11) is 0. The van der Waals surface area contributed by atoms with Crippen molar-refractivity contribution in [2.75, 3.05) is 13.1 Å². The lowest BCUT2D eigenvalue weighted by Crippen LogP contribution is -2.52. The molecular weight excluding hydrogens is 332 g/mol. The lowest BCUT2D eigenvalue weighted by molar-refractivity contribution is -0.127. The molecule has 138 valence electrons. The van der Waals surface area contributed by atoms with Crippen LogP contribution >= 0.6 is 0 Å². The molecule has 2 N–H and O–H groups in total. The second kappa shape index (κ2) is 8.19. The van der Waals surface area contributed by atoms with Crippen LogP contribution in [0.15, 0.2) is 47.1 Å². The molecule has 2 aromatic rings. The molecule has 0 saturated carbocycles. The number of nitrogens with zero attached hydrogens (tertiary/aromatic N) is 1. The van der Waals surface area contributed by atoms with E-state index in [1.807, 2.05) is 31.2 Å². The summed E-state index contributed by atoms with van der Waals surface area (Å²) in [5.74, 6) is -0.269. The zero-order valence-corrected chi connectivity index (χ0v) is 14.9. The molecule has 1 aromatic carbocycles. The van der Waals surface area contributed by atoms with Crippen LogP contribution in [0.1, 0.15) is 47.0 Å². The summed E-state index contributed by atoms with van der Waals surface area (Å²) in [6.45, 7) is 2.62. The minimum atomic E-state index is -0.780. The highest BCUT2D eigenvalue weighted by atomic mass is 16.3. The largest absolute Gasteiger partial charge is 0.459 e. The number of hydrogen-bond acceptors (Lipinski definition) is 4. The van der Waals surface area contributed by atoms with Crippen molar-refractivity contribution in [2.24, 2.45) is 0 Å². The van der Waals surface area contributed by atoms with Crippen molar-refractivity contribution >= 4 is 11.8 Å². The summed E-state index contributed by atoms with van der Waals surface area (Å²) in [6, 6.07) is 10.3. The third-order valence-corrected chi connectivity index (χ3v) is 4.73. The van der Waals surface area contributed by atoms with Crippen LogP contribution in [0.5, 0.6) is 0 Å². The molecule has 26 heavy (non-hydrogen) atoms. The standard InChI is InChI=1S/C20H24N2O4/c1-14-7-9-15(10-8-14)17(23)13-21-19(24)16-5-2-3-11-22(16)20(25)18-6-4-12-26-18/h4,6-10,12,16-17,23H,2-3,5,11,13H2,1H3,(H,21,24). The predicted molar refractivity (Wildman–Crippen MR) is 96.5 cm³/mol. The number of rotatable bonds is 5. The Bertz CT molecular complexity index is 740. The van der Waals surface area contributed by atoms with E-state index in [4.69, 9.17) is 4.42 Å². The fourth-order valence-corrected chi connectivity index (χ4v) is 3.21. The van der Waals surface area contributed by atoms with Gasteiger partial charge in [0.2, 0.25) is 5.91 Å². The SMILES string of the molecule is Cc1ccc(C(O)CNC(=O)C2CCCCN2C(=O)c2ccco2)cc1. The normalized spacial score (nSPS) is 18.4. The number of benzene rings is 1. The van der Waals surface area contributed by atoms with E-state index in [0.717, 1.165) is 24.0 Å². The van der Waals surface area contributed by atoms with Crippen molar-refractivity contribution in [3.63, 3.8) is 0 Å². The van der Waals surface area contributed by atoms with Gasteiger partial charge in [0.1, 0.15) is 6.04 Å². The van der Waals surface area contributed by atoms with Crippen molar-refractivity contribution in [1.29, 1.82) is 0 Å². The van der Waals surface area contributed by atoms with E-state index in [1.54, 1.807) is 17.0 Å².